The fraction of sp³-hybridized carbons (Fsp3) is 0.941. The van der Waals surface area contributed by atoms with Crippen molar-refractivity contribution < 1.29 is 9.53 Å². The average molecular weight is 298 g/mol. The first-order chi connectivity index (χ1) is 10.1. The minimum atomic E-state index is -0.0468. The number of esters is 1. The average Bonchev–Trinajstić information content (AvgIpc) is 2.81. The molecular formula is C17H34N2O2. The predicted molar refractivity (Wildman–Crippen MR) is 87.3 cm³/mol. The first kappa shape index (κ1) is 18.4. The lowest BCUT2D eigenvalue weighted by Gasteiger charge is -2.26. The van der Waals surface area contributed by atoms with Crippen molar-refractivity contribution in [1.82, 2.24) is 10.2 Å². The summed E-state index contributed by atoms with van der Waals surface area (Å²) in [6, 6.07) is 0.580. The Morgan fingerprint density at radius 3 is 2.67 bits per heavy atom. The molecule has 1 aliphatic carbocycles. The second-order valence-corrected chi connectivity index (χ2v) is 6.64. The molecule has 0 unspecified atom stereocenters. The predicted octanol–water partition coefficient (Wildman–Crippen LogP) is 2.68. The standard InChI is InChI=1S/C17H34N2O2/c1-5-6-7-8-15-14(13-17(20)21-4)9-10-16(15)18-11-12-19(2)3/h14-16,18H,5-13H2,1-4H3/t14-,15+,16-/m0/s1. The molecule has 0 radical (unpaired) electrons. The Morgan fingerprint density at radius 1 is 1.29 bits per heavy atom. The van der Waals surface area contributed by atoms with Crippen molar-refractivity contribution in [3.8, 4) is 0 Å². The third kappa shape index (κ3) is 6.79. The van der Waals surface area contributed by atoms with Crippen LogP contribution in [-0.4, -0.2) is 51.2 Å². The second-order valence-electron chi connectivity index (χ2n) is 6.64. The van der Waals surface area contributed by atoms with E-state index in [9.17, 15) is 4.79 Å². The molecule has 0 aromatic rings. The number of rotatable bonds is 10. The van der Waals surface area contributed by atoms with Crippen molar-refractivity contribution in [2.75, 3.05) is 34.3 Å². The van der Waals surface area contributed by atoms with Crippen LogP contribution in [0.5, 0.6) is 0 Å². The van der Waals surface area contributed by atoms with E-state index in [0.29, 0.717) is 24.3 Å². The summed E-state index contributed by atoms with van der Waals surface area (Å²) in [5, 5.41) is 3.72. The molecule has 4 nitrogen and oxygen atoms in total. The Labute approximate surface area is 130 Å². The molecule has 4 heteroatoms. The summed E-state index contributed by atoms with van der Waals surface area (Å²) in [5.74, 6) is 1.10. The first-order valence-electron chi connectivity index (χ1n) is 8.53. The van der Waals surface area contributed by atoms with Crippen LogP contribution in [0.25, 0.3) is 0 Å². The number of hydrogen-bond donors (Lipinski definition) is 1. The molecule has 0 aromatic carbocycles. The van der Waals surface area contributed by atoms with E-state index >= 15 is 0 Å². The van der Waals surface area contributed by atoms with E-state index in [4.69, 9.17) is 4.74 Å². The molecule has 1 saturated carbocycles. The van der Waals surface area contributed by atoms with Gasteiger partial charge in [0.1, 0.15) is 0 Å². The van der Waals surface area contributed by atoms with Crippen molar-refractivity contribution in [2.24, 2.45) is 11.8 Å². The van der Waals surface area contributed by atoms with Crippen molar-refractivity contribution in [3.05, 3.63) is 0 Å². The van der Waals surface area contributed by atoms with Gasteiger partial charge in [0.05, 0.1) is 7.11 Å². The molecule has 124 valence electrons. The van der Waals surface area contributed by atoms with E-state index in [0.717, 1.165) is 19.5 Å². The Hall–Kier alpha value is -0.610. The van der Waals surface area contributed by atoms with E-state index in [1.807, 2.05) is 0 Å². The molecule has 3 atom stereocenters. The lowest BCUT2D eigenvalue weighted by Crippen LogP contribution is -2.38. The third-order valence-corrected chi connectivity index (χ3v) is 4.73. The summed E-state index contributed by atoms with van der Waals surface area (Å²) in [5.41, 5.74) is 0. The maximum atomic E-state index is 11.6. The van der Waals surface area contributed by atoms with Gasteiger partial charge in [-0.05, 0) is 45.2 Å². The number of carbonyl (C=O) groups is 1. The molecule has 0 bridgehead atoms. The number of nitrogens with zero attached hydrogens (tertiary/aromatic N) is 1. The number of likely N-dealkylation sites (N-methyl/N-ethyl adjacent to an activating group) is 1. The van der Waals surface area contributed by atoms with Gasteiger partial charge in [-0.1, -0.05) is 26.2 Å². The second kappa shape index (κ2) is 10.2. The molecule has 0 aromatic heterocycles. The van der Waals surface area contributed by atoms with Gasteiger partial charge >= 0.3 is 5.97 Å². The zero-order valence-electron chi connectivity index (χ0n) is 14.4. The quantitative estimate of drug-likeness (QED) is 0.497. The molecule has 1 rings (SSSR count). The number of nitrogens with one attached hydrogen (secondary N) is 1. The number of hydrogen-bond acceptors (Lipinski definition) is 4. The van der Waals surface area contributed by atoms with Gasteiger partial charge in [0.2, 0.25) is 0 Å². The Balaban J connectivity index is 2.49. The van der Waals surface area contributed by atoms with Crippen LogP contribution in [0.1, 0.15) is 51.9 Å². The molecule has 21 heavy (non-hydrogen) atoms. The lowest BCUT2D eigenvalue weighted by molar-refractivity contribution is -0.142. The lowest BCUT2D eigenvalue weighted by atomic mass is 9.86. The third-order valence-electron chi connectivity index (χ3n) is 4.73. The molecule has 0 heterocycles. The molecule has 0 amide bonds. The minimum absolute atomic E-state index is 0.0468. The summed E-state index contributed by atoms with van der Waals surface area (Å²) in [4.78, 5) is 13.8. The summed E-state index contributed by atoms with van der Waals surface area (Å²) >= 11 is 0. The van der Waals surface area contributed by atoms with Crippen molar-refractivity contribution in [3.63, 3.8) is 0 Å². The SMILES string of the molecule is CCCCC[C@@H]1[C@H](CC(=O)OC)CC[C@@H]1NCCN(C)C. The number of methoxy groups -OCH3 is 1. The summed E-state index contributed by atoms with van der Waals surface area (Å²) in [7, 11) is 5.71. The zero-order valence-corrected chi connectivity index (χ0v) is 14.4. The Kier molecular flexibility index (Phi) is 8.93. The highest BCUT2D eigenvalue weighted by Gasteiger charge is 2.36. The highest BCUT2D eigenvalue weighted by molar-refractivity contribution is 5.69. The van der Waals surface area contributed by atoms with Gasteiger partial charge in [-0.15, -0.1) is 0 Å². The zero-order chi connectivity index (χ0) is 15.7. The largest absolute Gasteiger partial charge is 0.469 e. The molecule has 1 aliphatic rings. The van der Waals surface area contributed by atoms with Gasteiger partial charge in [0, 0.05) is 25.6 Å². The van der Waals surface area contributed by atoms with Crippen LogP contribution in [-0.2, 0) is 9.53 Å². The number of unbranched alkanes of at least 4 members (excludes halogenated alkanes) is 2. The molecule has 0 aliphatic heterocycles. The van der Waals surface area contributed by atoms with Crippen molar-refractivity contribution in [2.45, 2.75) is 57.9 Å². The summed E-state index contributed by atoms with van der Waals surface area (Å²) in [6.07, 6.45) is 8.04. The van der Waals surface area contributed by atoms with Crippen molar-refractivity contribution in [1.29, 1.82) is 0 Å². The normalized spacial score (nSPS) is 25.5. The summed E-state index contributed by atoms with van der Waals surface area (Å²) in [6.45, 7) is 4.35. The van der Waals surface area contributed by atoms with Crippen LogP contribution >= 0.6 is 0 Å². The van der Waals surface area contributed by atoms with Crippen molar-refractivity contribution >= 4 is 5.97 Å². The van der Waals surface area contributed by atoms with Gasteiger partial charge in [-0.25, -0.2) is 0 Å². The molecule has 0 spiro atoms. The Morgan fingerprint density at radius 2 is 2.05 bits per heavy atom. The molecule has 0 saturated heterocycles. The fourth-order valence-corrected chi connectivity index (χ4v) is 3.50. The van der Waals surface area contributed by atoms with Crippen LogP contribution in [0.4, 0.5) is 0 Å². The maximum Gasteiger partial charge on any atom is 0.305 e. The highest BCUT2D eigenvalue weighted by Crippen LogP contribution is 2.38. The van der Waals surface area contributed by atoms with Gasteiger partial charge in [0.15, 0.2) is 0 Å². The highest BCUT2D eigenvalue weighted by atomic mass is 16.5. The molecule has 1 N–H and O–H groups in total. The van der Waals surface area contributed by atoms with Crippen LogP contribution in [0.3, 0.4) is 0 Å². The van der Waals surface area contributed by atoms with E-state index < -0.39 is 0 Å². The monoisotopic (exact) mass is 298 g/mol. The maximum absolute atomic E-state index is 11.6. The van der Waals surface area contributed by atoms with Crippen LogP contribution in [0.2, 0.25) is 0 Å². The van der Waals surface area contributed by atoms with Crippen LogP contribution in [0.15, 0.2) is 0 Å². The molecule has 1 fully saturated rings. The topological polar surface area (TPSA) is 41.6 Å². The van der Waals surface area contributed by atoms with Gasteiger partial charge in [-0.2, -0.15) is 0 Å². The smallest absolute Gasteiger partial charge is 0.305 e. The van der Waals surface area contributed by atoms with E-state index in [2.05, 4.69) is 31.2 Å². The summed E-state index contributed by atoms with van der Waals surface area (Å²) < 4.78 is 4.87. The fourth-order valence-electron chi connectivity index (χ4n) is 3.50. The van der Waals surface area contributed by atoms with Gasteiger partial charge in [0.25, 0.3) is 0 Å². The van der Waals surface area contributed by atoms with E-state index in [1.54, 1.807) is 0 Å². The van der Waals surface area contributed by atoms with E-state index in [-0.39, 0.29) is 5.97 Å². The van der Waals surface area contributed by atoms with Crippen LogP contribution in [0, 0.1) is 11.8 Å². The number of carbonyl (C=O) groups excluding carboxylic acids is 1. The van der Waals surface area contributed by atoms with Gasteiger partial charge < -0.3 is 15.0 Å². The Bertz CT molecular complexity index is 295. The van der Waals surface area contributed by atoms with Gasteiger partial charge in [-0.3, -0.25) is 4.79 Å². The molecular weight excluding hydrogens is 264 g/mol. The van der Waals surface area contributed by atoms with Crippen LogP contribution < -0.4 is 5.32 Å². The minimum Gasteiger partial charge on any atom is -0.469 e. The number of ether oxygens (including phenoxy) is 1. The first-order valence-corrected chi connectivity index (χ1v) is 8.53. The van der Waals surface area contributed by atoms with E-state index in [1.165, 1.54) is 39.2 Å².